The molecule has 1 N–H and O–H groups in total. The number of rotatable bonds is 6. The number of pyridine rings is 1. The van der Waals surface area contributed by atoms with Crippen molar-refractivity contribution in [2.75, 3.05) is 0 Å². The van der Waals surface area contributed by atoms with Crippen LogP contribution in [0.4, 0.5) is 4.39 Å². The van der Waals surface area contributed by atoms with Crippen LogP contribution in [-0.4, -0.2) is 36.5 Å². The Kier molecular flexibility index (Phi) is 4.54. The van der Waals surface area contributed by atoms with Gasteiger partial charge in [-0.3, -0.25) is 9.48 Å². The minimum Gasteiger partial charge on any atom is -0.348 e. The van der Waals surface area contributed by atoms with E-state index in [1.165, 1.54) is 10.7 Å². The van der Waals surface area contributed by atoms with Gasteiger partial charge in [-0.2, -0.15) is 10.2 Å². The standard InChI is InChI=1S/C22H21FN6O/c1-14(13-28-10-4-9-24-28)26-22(30)16-11-19(15-7-8-15)27-21-17(16)12-25-29(21)20-6-3-2-5-18(20)23/h2-6,9-12,14-15H,7-8,13H2,1H3,(H,26,30)/t14-/m0/s1. The molecule has 1 aliphatic carbocycles. The predicted molar refractivity (Wildman–Crippen MR) is 110 cm³/mol. The Hall–Kier alpha value is -3.55. The highest BCUT2D eigenvalue weighted by Gasteiger charge is 2.28. The Labute approximate surface area is 172 Å². The largest absolute Gasteiger partial charge is 0.348 e. The molecule has 5 rings (SSSR count). The Morgan fingerprint density at radius 2 is 2.10 bits per heavy atom. The molecule has 1 amide bonds. The van der Waals surface area contributed by atoms with Crippen LogP contribution in [0.25, 0.3) is 16.7 Å². The van der Waals surface area contributed by atoms with Crippen LogP contribution in [0, 0.1) is 5.82 Å². The first-order valence-corrected chi connectivity index (χ1v) is 10.0. The number of carbonyl (C=O) groups excluding carboxylic acids is 1. The lowest BCUT2D eigenvalue weighted by Crippen LogP contribution is -2.36. The van der Waals surface area contributed by atoms with Crippen molar-refractivity contribution >= 4 is 16.9 Å². The van der Waals surface area contributed by atoms with E-state index in [0.717, 1.165) is 18.5 Å². The Morgan fingerprint density at radius 1 is 1.27 bits per heavy atom. The van der Waals surface area contributed by atoms with Gasteiger partial charge in [0.15, 0.2) is 5.65 Å². The molecule has 0 aliphatic heterocycles. The molecule has 1 aromatic carbocycles. The second-order valence-corrected chi connectivity index (χ2v) is 7.72. The number of hydrogen-bond acceptors (Lipinski definition) is 4. The number of amides is 1. The molecule has 1 atom stereocenters. The fourth-order valence-electron chi connectivity index (χ4n) is 3.63. The summed E-state index contributed by atoms with van der Waals surface area (Å²) in [6.45, 7) is 2.50. The molecule has 0 bridgehead atoms. The Balaban J connectivity index is 1.53. The quantitative estimate of drug-likeness (QED) is 0.534. The normalized spacial score (nSPS) is 14.7. The molecule has 3 aromatic heterocycles. The van der Waals surface area contributed by atoms with Gasteiger partial charge < -0.3 is 5.32 Å². The summed E-state index contributed by atoms with van der Waals surface area (Å²) in [4.78, 5) is 17.9. The van der Waals surface area contributed by atoms with Gasteiger partial charge in [-0.1, -0.05) is 12.1 Å². The fraction of sp³-hybridized carbons (Fsp3) is 0.273. The molecule has 4 aromatic rings. The van der Waals surface area contributed by atoms with E-state index in [0.29, 0.717) is 34.7 Å². The van der Waals surface area contributed by atoms with Crippen LogP contribution < -0.4 is 5.32 Å². The van der Waals surface area contributed by atoms with Crippen molar-refractivity contribution in [1.82, 2.24) is 29.9 Å². The van der Waals surface area contributed by atoms with Crippen LogP contribution in [0.1, 0.15) is 41.7 Å². The lowest BCUT2D eigenvalue weighted by Gasteiger charge is -2.15. The molecule has 8 heteroatoms. The Morgan fingerprint density at radius 3 is 2.83 bits per heavy atom. The zero-order chi connectivity index (χ0) is 20.7. The third kappa shape index (κ3) is 3.45. The summed E-state index contributed by atoms with van der Waals surface area (Å²) in [7, 11) is 0. The monoisotopic (exact) mass is 404 g/mol. The maximum Gasteiger partial charge on any atom is 0.252 e. The topological polar surface area (TPSA) is 77.6 Å². The van der Waals surface area contributed by atoms with Crippen LogP contribution >= 0.6 is 0 Å². The zero-order valence-corrected chi connectivity index (χ0v) is 16.5. The van der Waals surface area contributed by atoms with Gasteiger partial charge in [0.2, 0.25) is 0 Å². The molecule has 7 nitrogen and oxygen atoms in total. The summed E-state index contributed by atoms with van der Waals surface area (Å²) in [5.74, 6) is -0.247. The van der Waals surface area contributed by atoms with Crippen molar-refractivity contribution in [3.63, 3.8) is 0 Å². The van der Waals surface area contributed by atoms with Gasteiger partial charge in [0.1, 0.15) is 11.5 Å². The van der Waals surface area contributed by atoms with Crippen molar-refractivity contribution in [2.24, 2.45) is 0 Å². The highest BCUT2D eigenvalue weighted by atomic mass is 19.1. The molecule has 1 saturated carbocycles. The van der Waals surface area contributed by atoms with E-state index >= 15 is 0 Å². The van der Waals surface area contributed by atoms with Crippen LogP contribution in [-0.2, 0) is 6.54 Å². The van der Waals surface area contributed by atoms with Crippen LogP contribution in [0.15, 0.2) is 55.0 Å². The molecule has 3 heterocycles. The van der Waals surface area contributed by atoms with Crippen LogP contribution in [0.2, 0.25) is 0 Å². The summed E-state index contributed by atoms with van der Waals surface area (Å²) >= 11 is 0. The highest BCUT2D eigenvalue weighted by Crippen LogP contribution is 2.40. The minimum atomic E-state index is -0.389. The van der Waals surface area contributed by atoms with Crippen LogP contribution in [0.5, 0.6) is 0 Å². The van der Waals surface area contributed by atoms with E-state index in [2.05, 4.69) is 15.5 Å². The summed E-state index contributed by atoms with van der Waals surface area (Å²) < 4.78 is 17.6. The smallest absolute Gasteiger partial charge is 0.252 e. The SMILES string of the molecule is C[C@@H](Cn1cccn1)NC(=O)c1cc(C2CC2)nc2c1cnn2-c1ccccc1F. The number of fused-ring (bicyclic) bond motifs is 1. The molecule has 0 spiro atoms. The average Bonchev–Trinajstić information content (AvgIpc) is 3.30. The van der Waals surface area contributed by atoms with Gasteiger partial charge in [0, 0.05) is 30.0 Å². The number of benzene rings is 1. The zero-order valence-electron chi connectivity index (χ0n) is 16.5. The number of halogens is 1. The van der Waals surface area contributed by atoms with Crippen molar-refractivity contribution in [3.05, 3.63) is 72.1 Å². The van der Waals surface area contributed by atoms with Gasteiger partial charge in [0.05, 0.1) is 23.7 Å². The number of para-hydroxylation sites is 1. The summed E-state index contributed by atoms with van der Waals surface area (Å²) in [6.07, 6.45) is 7.24. The van der Waals surface area contributed by atoms with E-state index in [1.54, 1.807) is 35.3 Å². The molecule has 152 valence electrons. The lowest BCUT2D eigenvalue weighted by atomic mass is 10.1. The number of carbonyl (C=O) groups is 1. The third-order valence-corrected chi connectivity index (χ3v) is 5.28. The van der Waals surface area contributed by atoms with E-state index in [1.807, 2.05) is 25.3 Å². The number of nitrogens with zero attached hydrogens (tertiary/aromatic N) is 5. The molecular weight excluding hydrogens is 383 g/mol. The first kappa shape index (κ1) is 18.5. The Bertz CT molecular complexity index is 1210. The van der Waals surface area contributed by atoms with E-state index in [-0.39, 0.29) is 17.8 Å². The number of nitrogens with one attached hydrogen (secondary N) is 1. The van der Waals surface area contributed by atoms with E-state index in [9.17, 15) is 9.18 Å². The van der Waals surface area contributed by atoms with Crippen molar-refractivity contribution in [1.29, 1.82) is 0 Å². The molecule has 30 heavy (non-hydrogen) atoms. The molecule has 0 saturated heterocycles. The fourth-order valence-corrected chi connectivity index (χ4v) is 3.63. The van der Waals surface area contributed by atoms with Gasteiger partial charge in [-0.25, -0.2) is 14.1 Å². The molecule has 0 unspecified atom stereocenters. The number of hydrogen-bond donors (Lipinski definition) is 1. The summed E-state index contributed by atoms with van der Waals surface area (Å²) in [5.41, 5.74) is 2.17. The molecule has 1 aliphatic rings. The minimum absolute atomic E-state index is 0.119. The van der Waals surface area contributed by atoms with Crippen LogP contribution in [0.3, 0.4) is 0 Å². The number of aromatic nitrogens is 5. The van der Waals surface area contributed by atoms with Crippen molar-refractivity contribution in [2.45, 2.75) is 38.3 Å². The molecular formula is C22H21FN6O. The summed E-state index contributed by atoms with van der Waals surface area (Å²) in [5, 5.41) is 12.2. The highest BCUT2D eigenvalue weighted by molar-refractivity contribution is 6.05. The van der Waals surface area contributed by atoms with Crippen molar-refractivity contribution in [3.8, 4) is 5.69 Å². The molecule has 1 fully saturated rings. The van der Waals surface area contributed by atoms with E-state index in [4.69, 9.17) is 4.98 Å². The van der Waals surface area contributed by atoms with E-state index < -0.39 is 0 Å². The van der Waals surface area contributed by atoms with Gasteiger partial charge in [-0.15, -0.1) is 0 Å². The lowest BCUT2D eigenvalue weighted by molar-refractivity contribution is 0.0937. The van der Waals surface area contributed by atoms with Gasteiger partial charge in [0.25, 0.3) is 5.91 Å². The third-order valence-electron chi connectivity index (χ3n) is 5.28. The first-order chi connectivity index (χ1) is 14.6. The average molecular weight is 404 g/mol. The second-order valence-electron chi connectivity index (χ2n) is 7.72. The second kappa shape index (κ2) is 7.37. The van der Waals surface area contributed by atoms with Gasteiger partial charge >= 0.3 is 0 Å². The summed E-state index contributed by atoms with van der Waals surface area (Å²) in [6, 6.07) is 10.0. The maximum absolute atomic E-state index is 14.4. The maximum atomic E-state index is 14.4. The predicted octanol–water partition coefficient (Wildman–Crippen LogP) is 3.45. The van der Waals surface area contributed by atoms with Crippen molar-refractivity contribution < 1.29 is 9.18 Å². The molecule has 0 radical (unpaired) electrons. The van der Waals surface area contributed by atoms with Gasteiger partial charge in [-0.05, 0) is 44.0 Å². The first-order valence-electron chi connectivity index (χ1n) is 10.0.